The first-order valence-corrected chi connectivity index (χ1v) is 9.76. The fourth-order valence-electron chi connectivity index (χ4n) is 4.69. The molecule has 1 N–H and O–H groups in total. The van der Waals surface area contributed by atoms with Gasteiger partial charge in [-0.05, 0) is 38.7 Å². The van der Waals surface area contributed by atoms with E-state index < -0.39 is 5.41 Å². The first-order chi connectivity index (χ1) is 13.9. The van der Waals surface area contributed by atoms with E-state index >= 15 is 0 Å². The number of nitrogens with zero attached hydrogens (tertiary/aromatic N) is 5. The van der Waals surface area contributed by atoms with Gasteiger partial charge in [-0.15, -0.1) is 0 Å². The van der Waals surface area contributed by atoms with E-state index in [1.165, 1.54) is 7.11 Å². The molecule has 0 spiro atoms. The summed E-state index contributed by atoms with van der Waals surface area (Å²) >= 11 is 0. The van der Waals surface area contributed by atoms with Crippen molar-refractivity contribution in [2.24, 2.45) is 5.92 Å². The second kappa shape index (κ2) is 7.58. The minimum atomic E-state index is -0.440. The van der Waals surface area contributed by atoms with Gasteiger partial charge in [0.05, 0.1) is 11.1 Å². The number of hydrogen-bond donors (Lipinski definition) is 1. The van der Waals surface area contributed by atoms with Crippen LogP contribution < -0.4 is 5.32 Å². The van der Waals surface area contributed by atoms with Crippen molar-refractivity contribution in [2.45, 2.75) is 44.7 Å². The van der Waals surface area contributed by atoms with E-state index in [-0.39, 0.29) is 36.9 Å². The van der Waals surface area contributed by atoms with Crippen LogP contribution in [0.25, 0.3) is 0 Å². The number of carbonyl (C=O) groups excluding carboxylic acids is 2. The highest BCUT2D eigenvalue weighted by atomic mass is 16.5. The van der Waals surface area contributed by atoms with Crippen molar-refractivity contribution in [1.29, 1.82) is 0 Å². The minimum Gasteiger partial charge on any atom is -0.375 e. The van der Waals surface area contributed by atoms with Crippen molar-refractivity contribution >= 4 is 11.8 Å². The maximum Gasteiger partial charge on any atom is 0.248 e. The quantitative estimate of drug-likeness (QED) is 0.734. The van der Waals surface area contributed by atoms with Gasteiger partial charge in [0, 0.05) is 32.4 Å². The molecule has 3 atom stereocenters. The van der Waals surface area contributed by atoms with E-state index in [4.69, 9.17) is 9.26 Å². The van der Waals surface area contributed by atoms with Crippen LogP contribution in [0.4, 0.5) is 0 Å². The molecule has 1 saturated carbocycles. The number of hydrogen-bond acceptors (Lipinski definition) is 7. The van der Waals surface area contributed by atoms with Crippen LogP contribution in [-0.4, -0.2) is 69.5 Å². The molecule has 1 aliphatic carbocycles. The Morgan fingerprint density at radius 1 is 1.41 bits per heavy atom. The van der Waals surface area contributed by atoms with Gasteiger partial charge < -0.3 is 19.5 Å². The smallest absolute Gasteiger partial charge is 0.248 e. The molecule has 2 aromatic heterocycles. The number of nitrogens with one attached hydrogen (secondary N) is 1. The van der Waals surface area contributed by atoms with Crippen LogP contribution in [0.1, 0.15) is 30.3 Å². The first-order valence-electron chi connectivity index (χ1n) is 9.76. The molecule has 0 aromatic carbocycles. The third kappa shape index (κ3) is 3.76. The van der Waals surface area contributed by atoms with E-state index in [1.54, 1.807) is 22.7 Å². The number of ether oxygens (including phenoxy) is 1. The Morgan fingerprint density at radius 2 is 2.24 bits per heavy atom. The fraction of sp³-hybridized carbons (Fsp3) is 0.632. The SMILES string of the molecule is COCC(=O)N1C[C@@H]2C[C@@H](NC(=O)Cn3ccc(C)n3)C[C@]2(c2nc(C)no2)C1. The molecule has 2 amide bonds. The topological polar surface area (TPSA) is 115 Å². The molecule has 10 nitrogen and oxygen atoms in total. The number of amides is 2. The molecule has 29 heavy (non-hydrogen) atoms. The summed E-state index contributed by atoms with van der Waals surface area (Å²) in [5, 5.41) is 11.3. The molecular weight excluding hydrogens is 376 g/mol. The van der Waals surface area contributed by atoms with Crippen molar-refractivity contribution in [3.05, 3.63) is 29.7 Å². The zero-order valence-corrected chi connectivity index (χ0v) is 16.9. The minimum absolute atomic E-state index is 0.0176. The molecular formula is C19H26N6O4. The van der Waals surface area contributed by atoms with E-state index in [0.29, 0.717) is 31.2 Å². The van der Waals surface area contributed by atoms with Crippen LogP contribution in [0.15, 0.2) is 16.8 Å². The number of methoxy groups -OCH3 is 1. The van der Waals surface area contributed by atoms with Crippen LogP contribution in [0.2, 0.25) is 0 Å². The maximum absolute atomic E-state index is 12.5. The molecule has 2 aliphatic rings. The Morgan fingerprint density at radius 3 is 2.90 bits per heavy atom. The molecule has 156 valence electrons. The van der Waals surface area contributed by atoms with E-state index in [0.717, 1.165) is 12.1 Å². The zero-order valence-electron chi connectivity index (χ0n) is 16.9. The van der Waals surface area contributed by atoms with Crippen molar-refractivity contribution in [3.8, 4) is 0 Å². The molecule has 1 aliphatic heterocycles. The highest BCUT2D eigenvalue weighted by Crippen LogP contribution is 2.50. The fourth-order valence-corrected chi connectivity index (χ4v) is 4.69. The Balaban J connectivity index is 1.48. The standard InChI is InChI=1S/C19H26N6O4/c1-12-4-5-25(22-12)9-16(26)21-15-6-14-8-24(17(27)10-28-3)11-19(14,7-15)18-20-13(2)23-29-18/h4-5,14-15H,6-11H2,1-3H3,(H,21,26)/t14-,15+,19-/m0/s1. The van der Waals surface area contributed by atoms with E-state index in [1.807, 2.05) is 13.0 Å². The van der Waals surface area contributed by atoms with Gasteiger partial charge in [0.15, 0.2) is 5.82 Å². The van der Waals surface area contributed by atoms with E-state index in [9.17, 15) is 9.59 Å². The molecule has 10 heteroatoms. The number of aromatic nitrogens is 4. The number of rotatable bonds is 6. The molecule has 4 rings (SSSR count). The summed E-state index contributed by atoms with van der Waals surface area (Å²) in [5.41, 5.74) is 0.435. The van der Waals surface area contributed by atoms with Gasteiger partial charge in [0.2, 0.25) is 17.7 Å². The third-order valence-electron chi connectivity index (χ3n) is 5.89. The Hall–Kier alpha value is -2.75. The van der Waals surface area contributed by atoms with Gasteiger partial charge in [-0.25, -0.2) is 0 Å². The van der Waals surface area contributed by atoms with Crippen molar-refractivity contribution in [3.63, 3.8) is 0 Å². The van der Waals surface area contributed by atoms with Crippen molar-refractivity contribution < 1.29 is 18.8 Å². The van der Waals surface area contributed by atoms with Crippen LogP contribution in [-0.2, 0) is 26.3 Å². The van der Waals surface area contributed by atoms with Gasteiger partial charge in [0.1, 0.15) is 13.2 Å². The Labute approximate surface area is 168 Å². The van der Waals surface area contributed by atoms with Crippen molar-refractivity contribution in [2.75, 3.05) is 26.8 Å². The average Bonchev–Trinajstić information content (AvgIpc) is 3.39. The van der Waals surface area contributed by atoms with Gasteiger partial charge in [-0.2, -0.15) is 10.1 Å². The predicted octanol–water partition coefficient (Wildman–Crippen LogP) is 0.204. The first kappa shape index (κ1) is 19.6. The average molecular weight is 402 g/mol. The molecule has 0 unspecified atom stereocenters. The molecule has 3 heterocycles. The zero-order chi connectivity index (χ0) is 20.6. The lowest BCUT2D eigenvalue weighted by atomic mass is 9.80. The lowest BCUT2D eigenvalue weighted by molar-refractivity contribution is -0.134. The summed E-state index contributed by atoms with van der Waals surface area (Å²) < 4.78 is 12.2. The summed E-state index contributed by atoms with van der Waals surface area (Å²) in [6.07, 6.45) is 3.20. The van der Waals surface area contributed by atoms with Crippen LogP contribution in [0.3, 0.4) is 0 Å². The lowest BCUT2D eigenvalue weighted by Gasteiger charge is -2.25. The van der Waals surface area contributed by atoms with Crippen LogP contribution in [0, 0.1) is 19.8 Å². The van der Waals surface area contributed by atoms with E-state index in [2.05, 4.69) is 20.6 Å². The van der Waals surface area contributed by atoms with Crippen LogP contribution in [0.5, 0.6) is 0 Å². The summed E-state index contributed by atoms with van der Waals surface area (Å²) in [4.78, 5) is 31.2. The molecule has 0 radical (unpaired) electrons. The highest BCUT2D eigenvalue weighted by Gasteiger charge is 2.58. The molecule has 2 fully saturated rings. The molecule has 2 aromatic rings. The van der Waals surface area contributed by atoms with Gasteiger partial charge in [-0.3, -0.25) is 14.3 Å². The maximum atomic E-state index is 12.5. The second-order valence-corrected chi connectivity index (χ2v) is 8.07. The summed E-state index contributed by atoms with van der Waals surface area (Å²) in [6, 6.07) is 1.85. The highest BCUT2D eigenvalue weighted by molar-refractivity contribution is 5.78. The molecule has 0 bridgehead atoms. The lowest BCUT2D eigenvalue weighted by Crippen LogP contribution is -2.41. The largest absolute Gasteiger partial charge is 0.375 e. The summed E-state index contributed by atoms with van der Waals surface area (Å²) in [6.45, 7) is 4.98. The monoisotopic (exact) mass is 402 g/mol. The normalized spacial score (nSPS) is 26.0. The Bertz CT molecular complexity index is 908. The summed E-state index contributed by atoms with van der Waals surface area (Å²) in [5.74, 6) is 1.12. The second-order valence-electron chi connectivity index (χ2n) is 8.07. The molecule has 1 saturated heterocycles. The Kier molecular flexibility index (Phi) is 5.12. The van der Waals surface area contributed by atoms with Gasteiger partial charge in [-0.1, -0.05) is 5.16 Å². The number of fused-ring (bicyclic) bond motifs is 1. The number of carbonyl (C=O) groups is 2. The number of aryl methyl sites for hydroxylation is 2. The predicted molar refractivity (Wildman–Crippen MR) is 101 cm³/mol. The van der Waals surface area contributed by atoms with Gasteiger partial charge >= 0.3 is 0 Å². The summed E-state index contributed by atoms with van der Waals surface area (Å²) in [7, 11) is 1.51. The van der Waals surface area contributed by atoms with Crippen molar-refractivity contribution in [1.82, 2.24) is 30.1 Å². The third-order valence-corrected chi connectivity index (χ3v) is 5.89. The van der Waals surface area contributed by atoms with Gasteiger partial charge in [0.25, 0.3) is 0 Å². The number of likely N-dealkylation sites (tertiary alicyclic amines) is 1. The van der Waals surface area contributed by atoms with Crippen LogP contribution >= 0.6 is 0 Å².